The van der Waals surface area contributed by atoms with Crippen LogP contribution in [0.15, 0.2) is 60.8 Å². The molecule has 2 N–H and O–H groups in total. The molecule has 0 aliphatic heterocycles. The van der Waals surface area contributed by atoms with Gasteiger partial charge in [0.1, 0.15) is 0 Å². The van der Waals surface area contributed by atoms with E-state index in [2.05, 4.69) is 15.3 Å². The molecule has 26 heavy (non-hydrogen) atoms. The van der Waals surface area contributed by atoms with Gasteiger partial charge in [-0.3, -0.25) is 4.79 Å². The van der Waals surface area contributed by atoms with Crippen LogP contribution in [0.3, 0.4) is 0 Å². The van der Waals surface area contributed by atoms with Crippen molar-refractivity contribution in [1.29, 1.82) is 0 Å². The summed E-state index contributed by atoms with van der Waals surface area (Å²) in [5.41, 5.74) is 2.69. The summed E-state index contributed by atoms with van der Waals surface area (Å²) >= 11 is 5.89. The number of amides is 1. The van der Waals surface area contributed by atoms with Gasteiger partial charge in [0.05, 0.1) is 0 Å². The molecule has 0 aliphatic rings. The average molecular weight is 372 g/mol. The van der Waals surface area contributed by atoms with Crippen molar-refractivity contribution >= 4 is 23.2 Å². The monoisotopic (exact) mass is 371 g/mol. The Labute approximate surface area is 160 Å². The normalized spacial score (nSPS) is 9.27. The number of anilines is 1. The van der Waals surface area contributed by atoms with E-state index < -0.39 is 0 Å². The number of nitrogens with zero attached hydrogens (tertiary/aromatic N) is 1. The molecule has 0 radical (unpaired) electrons. The van der Waals surface area contributed by atoms with E-state index in [-0.39, 0.29) is 11.7 Å². The van der Waals surface area contributed by atoms with E-state index in [1.807, 2.05) is 58.0 Å². The number of hydrogen-bond acceptors (Lipinski definition) is 2. The average Bonchev–Trinajstić information content (AvgIpc) is 3.14. The first-order valence-electron chi connectivity index (χ1n) is 8.85. The maximum Gasteiger partial charge on any atom is 0.291 e. The van der Waals surface area contributed by atoms with Gasteiger partial charge in [0, 0.05) is 29.0 Å². The molecule has 1 aromatic heterocycles. The Kier molecular flexibility index (Phi) is 9.80. The number of aromatic amines is 1. The molecule has 0 fully saturated rings. The molecule has 0 bridgehead atoms. The number of carbonyl (C=O) groups is 1. The summed E-state index contributed by atoms with van der Waals surface area (Å²) in [6.45, 7) is 8.00. The Bertz CT molecular complexity index is 785. The van der Waals surface area contributed by atoms with Crippen LogP contribution in [0.2, 0.25) is 5.02 Å². The first kappa shape index (κ1) is 21.5. The van der Waals surface area contributed by atoms with Crippen molar-refractivity contribution in [2.45, 2.75) is 34.1 Å². The number of aromatic nitrogens is 2. The summed E-state index contributed by atoms with van der Waals surface area (Å²) in [6.07, 6.45) is 2.39. The van der Waals surface area contributed by atoms with E-state index in [0.29, 0.717) is 17.1 Å². The van der Waals surface area contributed by atoms with Gasteiger partial charge in [-0.2, -0.15) is 0 Å². The first-order chi connectivity index (χ1) is 12.7. The molecule has 0 aliphatic carbocycles. The van der Waals surface area contributed by atoms with E-state index in [1.165, 1.54) is 0 Å². The van der Waals surface area contributed by atoms with Crippen LogP contribution in [-0.4, -0.2) is 15.9 Å². The number of rotatable bonds is 4. The zero-order valence-electron chi connectivity index (χ0n) is 15.7. The van der Waals surface area contributed by atoms with E-state index in [0.717, 1.165) is 11.3 Å². The Morgan fingerprint density at radius 3 is 2.38 bits per heavy atom. The number of imidazole rings is 1. The van der Waals surface area contributed by atoms with Crippen molar-refractivity contribution < 1.29 is 4.79 Å². The van der Waals surface area contributed by atoms with Gasteiger partial charge in [-0.25, -0.2) is 4.98 Å². The minimum atomic E-state index is -0.290. The molecule has 0 atom stereocenters. The van der Waals surface area contributed by atoms with Gasteiger partial charge in [0.15, 0.2) is 5.82 Å². The summed E-state index contributed by atoms with van der Waals surface area (Å²) in [5, 5.41) is 3.33. The zero-order valence-corrected chi connectivity index (χ0v) is 16.5. The summed E-state index contributed by atoms with van der Waals surface area (Å²) in [4.78, 5) is 19.3. The molecule has 0 saturated carbocycles. The third kappa shape index (κ3) is 6.73. The number of benzene rings is 2. The molecular formula is C21H26ClN3O. The van der Waals surface area contributed by atoms with Gasteiger partial charge in [-0.05, 0) is 23.8 Å². The molecule has 1 amide bonds. The Balaban J connectivity index is 0.000000791. The van der Waals surface area contributed by atoms with Gasteiger partial charge >= 0.3 is 0 Å². The van der Waals surface area contributed by atoms with Crippen LogP contribution >= 0.6 is 11.6 Å². The second-order valence-corrected chi connectivity index (χ2v) is 5.32. The molecule has 0 unspecified atom stereocenters. The lowest BCUT2D eigenvalue weighted by atomic mass is 10.1. The van der Waals surface area contributed by atoms with Gasteiger partial charge in [-0.1, -0.05) is 75.7 Å². The number of H-pyrrole nitrogens is 1. The quantitative estimate of drug-likeness (QED) is 0.594. The maximum atomic E-state index is 12.1. The van der Waals surface area contributed by atoms with Crippen molar-refractivity contribution in [2.24, 2.45) is 0 Å². The van der Waals surface area contributed by atoms with Crippen LogP contribution in [0.5, 0.6) is 0 Å². The van der Waals surface area contributed by atoms with Crippen LogP contribution in [0.4, 0.5) is 5.69 Å². The van der Waals surface area contributed by atoms with Crippen molar-refractivity contribution in [3.8, 4) is 0 Å². The van der Waals surface area contributed by atoms with Gasteiger partial charge in [0.2, 0.25) is 0 Å². The fourth-order valence-corrected chi connectivity index (χ4v) is 2.33. The third-order valence-electron chi connectivity index (χ3n) is 3.16. The Morgan fingerprint density at radius 2 is 1.73 bits per heavy atom. The third-order valence-corrected chi connectivity index (χ3v) is 3.40. The number of hydrogen-bond donors (Lipinski definition) is 2. The molecule has 1 heterocycles. The summed E-state index contributed by atoms with van der Waals surface area (Å²) in [7, 11) is 0. The SMILES string of the molecule is CC.CC.O=C(Nc1cccc(Cl)c1)c1ncc(Cc2ccccc2)[nH]1. The van der Waals surface area contributed by atoms with Crippen LogP contribution in [0, 0.1) is 0 Å². The summed E-state index contributed by atoms with van der Waals surface area (Å²) in [6, 6.07) is 17.0. The lowest BCUT2D eigenvalue weighted by Gasteiger charge is -2.03. The van der Waals surface area contributed by atoms with Crippen LogP contribution in [0.25, 0.3) is 0 Å². The van der Waals surface area contributed by atoms with Crippen molar-refractivity contribution in [2.75, 3.05) is 5.32 Å². The second-order valence-electron chi connectivity index (χ2n) is 4.88. The van der Waals surface area contributed by atoms with Crippen LogP contribution in [0.1, 0.15) is 49.6 Å². The maximum absolute atomic E-state index is 12.1. The highest BCUT2D eigenvalue weighted by molar-refractivity contribution is 6.30. The predicted octanol–water partition coefficient (Wildman–Crippen LogP) is 5.96. The lowest BCUT2D eigenvalue weighted by molar-refractivity contribution is 0.101. The van der Waals surface area contributed by atoms with E-state index >= 15 is 0 Å². The fraction of sp³-hybridized carbons (Fsp3) is 0.238. The predicted molar refractivity (Wildman–Crippen MR) is 110 cm³/mol. The first-order valence-corrected chi connectivity index (χ1v) is 9.23. The largest absolute Gasteiger partial charge is 0.337 e. The second kappa shape index (κ2) is 11.9. The molecule has 2 aromatic carbocycles. The highest BCUT2D eigenvalue weighted by atomic mass is 35.5. The molecule has 0 spiro atoms. The number of carbonyl (C=O) groups excluding carboxylic acids is 1. The molecule has 3 rings (SSSR count). The number of nitrogens with one attached hydrogen (secondary N) is 2. The summed E-state index contributed by atoms with van der Waals surface area (Å²) < 4.78 is 0. The Hall–Kier alpha value is -2.59. The minimum absolute atomic E-state index is 0.283. The van der Waals surface area contributed by atoms with E-state index in [9.17, 15) is 4.79 Å². The van der Waals surface area contributed by atoms with Crippen LogP contribution in [-0.2, 0) is 6.42 Å². The summed E-state index contributed by atoms with van der Waals surface area (Å²) in [5.74, 6) is -0.00696. The number of halogens is 1. The van der Waals surface area contributed by atoms with Gasteiger partial charge < -0.3 is 10.3 Å². The van der Waals surface area contributed by atoms with Crippen molar-refractivity contribution in [3.63, 3.8) is 0 Å². The van der Waals surface area contributed by atoms with Gasteiger partial charge in [-0.15, -0.1) is 0 Å². The molecule has 4 nitrogen and oxygen atoms in total. The van der Waals surface area contributed by atoms with Crippen molar-refractivity contribution in [3.05, 3.63) is 82.9 Å². The smallest absolute Gasteiger partial charge is 0.291 e. The van der Waals surface area contributed by atoms with Crippen LogP contribution < -0.4 is 5.32 Å². The molecule has 138 valence electrons. The molecular weight excluding hydrogens is 346 g/mol. The lowest BCUT2D eigenvalue weighted by Crippen LogP contribution is -2.13. The highest BCUT2D eigenvalue weighted by Gasteiger charge is 2.11. The highest BCUT2D eigenvalue weighted by Crippen LogP contribution is 2.15. The topological polar surface area (TPSA) is 57.8 Å². The minimum Gasteiger partial charge on any atom is -0.337 e. The molecule has 3 aromatic rings. The molecule has 0 saturated heterocycles. The molecule has 5 heteroatoms. The van der Waals surface area contributed by atoms with Crippen molar-refractivity contribution in [1.82, 2.24) is 9.97 Å². The Morgan fingerprint density at radius 1 is 1.04 bits per heavy atom. The standard InChI is InChI=1S/C17H14ClN3O.2C2H6/c18-13-7-4-8-14(10-13)21-17(22)16-19-11-15(20-16)9-12-5-2-1-3-6-12;2*1-2/h1-8,10-11H,9H2,(H,19,20)(H,21,22);2*1-2H3. The zero-order chi connectivity index (χ0) is 19.4. The van der Waals surface area contributed by atoms with Gasteiger partial charge in [0.25, 0.3) is 5.91 Å². The van der Waals surface area contributed by atoms with E-state index in [4.69, 9.17) is 11.6 Å². The fourth-order valence-electron chi connectivity index (χ4n) is 2.14. The van der Waals surface area contributed by atoms with E-state index in [1.54, 1.807) is 30.5 Å².